The van der Waals surface area contributed by atoms with Crippen molar-refractivity contribution in [1.82, 2.24) is 25.1 Å². The lowest BCUT2D eigenvalue weighted by atomic mass is 9.86. The fourth-order valence-electron chi connectivity index (χ4n) is 10.7. The van der Waals surface area contributed by atoms with Crippen LogP contribution in [0, 0.1) is 17.8 Å². The molecule has 15 nitrogen and oxygen atoms in total. The zero-order valence-electron chi connectivity index (χ0n) is 39.4. The van der Waals surface area contributed by atoms with E-state index in [-0.39, 0.29) is 47.8 Å². The van der Waals surface area contributed by atoms with Crippen LogP contribution in [0.15, 0.2) is 77.9 Å². The van der Waals surface area contributed by atoms with E-state index in [2.05, 4.69) is 113 Å². The third-order valence-electron chi connectivity index (χ3n) is 14.6. The van der Waals surface area contributed by atoms with Gasteiger partial charge in [-0.1, -0.05) is 61.5 Å². The number of hydrogen-bond acceptors (Lipinski definition) is 10. The number of fused-ring (bicyclic) bond motifs is 1. The summed E-state index contributed by atoms with van der Waals surface area (Å²) >= 11 is 0. The number of hydrogen-bond donors (Lipinski definition) is 3. The number of nitrogens with two attached hydrogens (primary N) is 1. The van der Waals surface area contributed by atoms with Gasteiger partial charge in [0.25, 0.3) is 0 Å². The highest BCUT2D eigenvalue weighted by Crippen LogP contribution is 2.39. The Hall–Kier alpha value is -6.06. The highest BCUT2D eigenvalue weighted by molar-refractivity contribution is 6.01. The largest absolute Gasteiger partial charge is 0.453 e. The SMILES string of the molecule is COC(=O)N[C@H](C(=O)N1[C@H](C)CC[C@H]1c1ncc(-c2ccc3cc(-c4ccc(C5=CCC(C6CC[C@@H](C)N6C(=O)[C@@H](C)C6CCOCC6)=N5)cc4)ccc3c2)[nH]1)C1CCOCC1.COC(N)=O. The molecule has 0 spiro atoms. The van der Waals surface area contributed by atoms with Crippen molar-refractivity contribution in [3.8, 4) is 22.4 Å². The predicted octanol–water partition coefficient (Wildman–Crippen LogP) is 8.44. The number of methoxy groups -OCH3 is 2. The molecule has 0 aliphatic carbocycles. The number of benzene rings is 3. The van der Waals surface area contributed by atoms with E-state index in [9.17, 15) is 19.2 Å². The fraction of sp³-hybridized carbons (Fsp3) is 0.500. The maximum absolute atomic E-state index is 14.2. The smallest absolute Gasteiger partial charge is 0.407 e. The standard InChI is InChI=1S/C50H60N6O6.C2H5NO2/c1-30-5-17-44(55(30)48(57)32(3)33-19-23-61-24-20-33)42-16-15-41(52-42)35-9-7-34(8-10-35)37-11-12-39-28-40(14-13-38(39)27-37)43-29-51-47(53-43)45-18-6-31(2)56(45)49(58)46(54-50(59)60-4)36-21-25-62-26-22-36;1-5-2(3)4/h7-15,27-33,36,44-46H,5-6,16-26H2,1-4H3,(H,51,53)(H,54,59);1H3,(H2,3,4)/t30-,31-,32+,44?,45+,46+;/m1./s1. The number of aliphatic imine (C=N–C) groups is 1. The molecule has 356 valence electrons. The number of aromatic nitrogens is 2. The number of H-pyrrole nitrogens is 1. The number of allylic oxidation sites excluding steroid dienone is 1. The number of primary amides is 1. The molecule has 4 fully saturated rings. The maximum atomic E-state index is 14.2. The average molecular weight is 916 g/mol. The van der Waals surface area contributed by atoms with Gasteiger partial charge in [0, 0.05) is 62.1 Å². The van der Waals surface area contributed by atoms with Gasteiger partial charge in [0.15, 0.2) is 0 Å². The average Bonchev–Trinajstić information content (AvgIpc) is 4.20. The van der Waals surface area contributed by atoms with E-state index < -0.39 is 18.2 Å². The predicted molar refractivity (Wildman–Crippen MR) is 257 cm³/mol. The molecular weight excluding hydrogens is 851 g/mol. The number of imidazole rings is 1. The molecule has 3 aromatic carbocycles. The first-order chi connectivity index (χ1) is 32.4. The third-order valence-corrected chi connectivity index (χ3v) is 14.6. The van der Waals surface area contributed by atoms with Gasteiger partial charge >= 0.3 is 12.2 Å². The second kappa shape index (κ2) is 21.3. The van der Waals surface area contributed by atoms with Gasteiger partial charge in [0.1, 0.15) is 11.9 Å². The minimum Gasteiger partial charge on any atom is -0.453 e. The summed E-state index contributed by atoms with van der Waals surface area (Å²) in [5, 5.41) is 5.10. The van der Waals surface area contributed by atoms with E-state index >= 15 is 0 Å². The van der Waals surface area contributed by atoms with Crippen LogP contribution in [0.5, 0.6) is 0 Å². The van der Waals surface area contributed by atoms with Crippen LogP contribution in [0.4, 0.5) is 9.59 Å². The van der Waals surface area contributed by atoms with Crippen molar-refractivity contribution in [2.75, 3.05) is 40.6 Å². The number of aromatic amines is 1. The highest BCUT2D eigenvalue weighted by Gasteiger charge is 2.44. The number of amides is 4. The lowest BCUT2D eigenvalue weighted by molar-refractivity contribution is -0.140. The van der Waals surface area contributed by atoms with Crippen molar-refractivity contribution in [2.45, 2.75) is 109 Å². The van der Waals surface area contributed by atoms with Gasteiger partial charge < -0.3 is 44.8 Å². The van der Waals surface area contributed by atoms with Crippen LogP contribution < -0.4 is 11.1 Å². The molecule has 4 saturated heterocycles. The van der Waals surface area contributed by atoms with Gasteiger partial charge in [-0.25, -0.2) is 14.6 Å². The summed E-state index contributed by atoms with van der Waals surface area (Å²) in [7, 11) is 2.55. The highest BCUT2D eigenvalue weighted by atomic mass is 16.5. The topological polar surface area (TPSA) is 191 Å². The molecular formula is C52H65N7O8. The molecule has 6 heterocycles. The molecule has 5 aliphatic rings. The number of nitrogens with one attached hydrogen (secondary N) is 2. The molecule has 4 aromatic rings. The van der Waals surface area contributed by atoms with Gasteiger partial charge in [0.2, 0.25) is 11.8 Å². The van der Waals surface area contributed by atoms with Gasteiger partial charge in [-0.15, -0.1) is 0 Å². The Labute approximate surface area is 392 Å². The van der Waals surface area contributed by atoms with Crippen LogP contribution >= 0.6 is 0 Å². The van der Waals surface area contributed by atoms with Gasteiger partial charge in [0.05, 0.1) is 43.9 Å². The zero-order chi connectivity index (χ0) is 47.2. The molecule has 1 aromatic heterocycles. The minimum absolute atomic E-state index is 0.00143. The number of carbonyl (C=O) groups is 4. The first-order valence-corrected chi connectivity index (χ1v) is 23.9. The van der Waals surface area contributed by atoms with Crippen LogP contribution in [0.3, 0.4) is 0 Å². The van der Waals surface area contributed by atoms with E-state index in [1.165, 1.54) is 14.2 Å². The maximum Gasteiger partial charge on any atom is 0.407 e. The van der Waals surface area contributed by atoms with Crippen LogP contribution in [-0.2, 0) is 28.5 Å². The molecule has 6 atom stereocenters. The van der Waals surface area contributed by atoms with Crippen LogP contribution in [0.1, 0.15) is 96.0 Å². The van der Waals surface area contributed by atoms with E-state index in [4.69, 9.17) is 24.2 Å². The van der Waals surface area contributed by atoms with Crippen molar-refractivity contribution in [2.24, 2.45) is 28.5 Å². The molecule has 0 radical (unpaired) electrons. The number of likely N-dealkylation sites (tertiary alicyclic amines) is 2. The molecule has 9 rings (SSSR count). The first-order valence-electron chi connectivity index (χ1n) is 23.9. The molecule has 0 saturated carbocycles. The second-order valence-electron chi connectivity index (χ2n) is 18.6. The summed E-state index contributed by atoms with van der Waals surface area (Å²) in [5.74, 6) is 1.29. The van der Waals surface area contributed by atoms with Gasteiger partial charge in [-0.05, 0) is 117 Å². The Kier molecular flexibility index (Phi) is 15.1. The number of carbonyl (C=O) groups excluding carboxylic acids is 4. The lowest BCUT2D eigenvalue weighted by Gasteiger charge is -2.36. The fourth-order valence-corrected chi connectivity index (χ4v) is 10.7. The van der Waals surface area contributed by atoms with Gasteiger partial charge in [-0.2, -0.15) is 0 Å². The number of nitrogens with zero attached hydrogens (tertiary/aromatic N) is 4. The summed E-state index contributed by atoms with van der Waals surface area (Å²) < 4.78 is 19.9. The second-order valence-corrected chi connectivity index (χ2v) is 18.6. The molecule has 4 N–H and O–H groups in total. The number of alkyl carbamates (subject to hydrolysis) is 1. The number of ether oxygens (including phenoxy) is 4. The summed E-state index contributed by atoms with van der Waals surface area (Å²) in [6.07, 6.45) is 10.4. The summed E-state index contributed by atoms with van der Waals surface area (Å²) in [6.45, 7) is 9.00. The van der Waals surface area contributed by atoms with Crippen molar-refractivity contribution >= 4 is 46.2 Å². The summed E-state index contributed by atoms with van der Waals surface area (Å²) in [4.78, 5) is 67.4. The monoisotopic (exact) mass is 915 g/mol. The first kappa shape index (κ1) is 47.4. The molecule has 5 aliphatic heterocycles. The Balaban J connectivity index is 0.00000116. The Morgan fingerprint density at radius 3 is 1.90 bits per heavy atom. The van der Waals surface area contributed by atoms with Crippen molar-refractivity contribution in [1.29, 1.82) is 0 Å². The van der Waals surface area contributed by atoms with Crippen molar-refractivity contribution in [3.05, 3.63) is 84.3 Å². The summed E-state index contributed by atoms with van der Waals surface area (Å²) in [5.41, 5.74) is 11.8. The molecule has 15 heteroatoms. The molecule has 4 amide bonds. The molecule has 67 heavy (non-hydrogen) atoms. The quantitative estimate of drug-likeness (QED) is 0.140. The number of rotatable bonds is 10. The third kappa shape index (κ3) is 10.6. The van der Waals surface area contributed by atoms with Crippen LogP contribution in [0.2, 0.25) is 0 Å². The zero-order valence-corrected chi connectivity index (χ0v) is 39.4. The minimum atomic E-state index is -0.745. The lowest BCUT2D eigenvalue weighted by Crippen LogP contribution is -2.54. The van der Waals surface area contributed by atoms with E-state index in [1.807, 2.05) is 11.1 Å². The Bertz CT molecular complexity index is 2470. The molecule has 1 unspecified atom stereocenters. The van der Waals surface area contributed by atoms with E-state index in [0.717, 1.165) is 114 Å². The van der Waals surface area contributed by atoms with Crippen LogP contribution in [0.25, 0.3) is 38.9 Å². The Morgan fingerprint density at radius 2 is 1.27 bits per heavy atom. The van der Waals surface area contributed by atoms with E-state index in [0.29, 0.717) is 32.0 Å². The normalized spacial score (nSPS) is 23.2. The molecule has 0 bridgehead atoms. The van der Waals surface area contributed by atoms with E-state index in [1.54, 1.807) is 0 Å². The Morgan fingerprint density at radius 1 is 0.716 bits per heavy atom. The summed E-state index contributed by atoms with van der Waals surface area (Å²) in [6, 6.07) is 21.0. The van der Waals surface area contributed by atoms with Crippen molar-refractivity contribution in [3.63, 3.8) is 0 Å². The van der Waals surface area contributed by atoms with Crippen molar-refractivity contribution < 1.29 is 38.1 Å². The van der Waals surface area contributed by atoms with Crippen LogP contribution in [-0.4, -0.2) is 114 Å². The van der Waals surface area contributed by atoms with Gasteiger partial charge in [-0.3, -0.25) is 14.6 Å².